The minimum Gasteiger partial charge on any atom is -0.459 e. The van der Waals surface area contributed by atoms with E-state index >= 15 is 0 Å². The number of imidazole rings is 1. The van der Waals surface area contributed by atoms with Crippen LogP contribution in [0.15, 0.2) is 30.6 Å². The van der Waals surface area contributed by atoms with E-state index < -0.39 is 0 Å². The fraction of sp³-hybridized carbons (Fsp3) is 0.474. The third-order valence-corrected chi connectivity index (χ3v) is 4.57. The van der Waals surface area contributed by atoms with Crippen molar-refractivity contribution in [1.82, 2.24) is 14.9 Å². The van der Waals surface area contributed by atoms with Crippen molar-refractivity contribution in [3.63, 3.8) is 0 Å². The number of aromatic nitrogens is 2. The van der Waals surface area contributed by atoms with Crippen molar-refractivity contribution in [2.75, 3.05) is 6.54 Å². The van der Waals surface area contributed by atoms with Crippen LogP contribution in [0.4, 0.5) is 0 Å². The van der Waals surface area contributed by atoms with Crippen LogP contribution in [0.25, 0.3) is 0 Å². The van der Waals surface area contributed by atoms with Crippen molar-refractivity contribution in [1.29, 1.82) is 0 Å². The van der Waals surface area contributed by atoms with E-state index in [9.17, 15) is 4.79 Å². The van der Waals surface area contributed by atoms with Crippen molar-refractivity contribution in [2.45, 2.75) is 52.8 Å². The molecule has 0 fully saturated rings. The van der Waals surface area contributed by atoms with Crippen LogP contribution < -0.4 is 5.32 Å². The number of halogens is 3. The van der Waals surface area contributed by atoms with E-state index in [1.807, 2.05) is 19.1 Å². The van der Waals surface area contributed by atoms with E-state index in [1.165, 1.54) is 12.5 Å². The highest BCUT2D eigenvalue weighted by Gasteiger charge is 2.19. The molecular weight excluding hydrogens is 409 g/mol. The number of hydrogen-bond donors (Lipinski definition) is 1. The average Bonchev–Trinajstić information content (AvgIpc) is 2.90. The first kappa shape index (κ1) is 25.7. The molecule has 0 saturated carbocycles. The first-order valence-corrected chi connectivity index (χ1v) is 8.82. The largest absolute Gasteiger partial charge is 0.459 e. The standard InChI is InChI=1S/C19H26ClN3O2.2ClH/c1-14-18(12-25-15(2)24)21-13-23(14)11-5-10-22-19(3,4)16-6-8-17(20)9-7-16;;/h6-9,13,22H,5,10-12H2,1-4H3;2*1H. The number of nitrogens with zero attached hydrogens (tertiary/aromatic N) is 2. The maximum Gasteiger partial charge on any atom is 0.303 e. The molecule has 0 unspecified atom stereocenters. The SMILES string of the molecule is CC(=O)OCc1ncn(CCCNC(C)(C)c2ccc(Cl)cc2)c1C.Cl.Cl. The molecular formula is C19H28Cl3N3O2. The Labute approximate surface area is 178 Å². The molecule has 0 aliphatic carbocycles. The first-order chi connectivity index (χ1) is 11.8. The number of carbonyl (C=O) groups is 1. The second kappa shape index (κ2) is 11.5. The van der Waals surface area contributed by atoms with Crippen LogP contribution in [0, 0.1) is 6.92 Å². The summed E-state index contributed by atoms with van der Waals surface area (Å²) < 4.78 is 7.11. The van der Waals surface area contributed by atoms with Gasteiger partial charge in [-0.2, -0.15) is 0 Å². The molecule has 0 bridgehead atoms. The Morgan fingerprint density at radius 2 is 1.89 bits per heavy atom. The van der Waals surface area contributed by atoms with Crippen LogP contribution in [0.2, 0.25) is 5.02 Å². The molecule has 152 valence electrons. The molecule has 2 rings (SSSR count). The first-order valence-electron chi connectivity index (χ1n) is 8.44. The van der Waals surface area contributed by atoms with Gasteiger partial charge in [0, 0.05) is 29.7 Å². The van der Waals surface area contributed by atoms with Crippen molar-refractivity contribution in [2.24, 2.45) is 0 Å². The lowest BCUT2D eigenvalue weighted by Crippen LogP contribution is -2.37. The minimum atomic E-state index is -0.289. The molecule has 27 heavy (non-hydrogen) atoms. The normalized spacial score (nSPS) is 10.7. The summed E-state index contributed by atoms with van der Waals surface area (Å²) in [6, 6.07) is 7.94. The fourth-order valence-corrected chi connectivity index (χ4v) is 2.77. The van der Waals surface area contributed by atoms with Gasteiger partial charge in [-0.25, -0.2) is 4.98 Å². The van der Waals surface area contributed by atoms with Crippen LogP contribution in [0.5, 0.6) is 0 Å². The Morgan fingerprint density at radius 1 is 1.26 bits per heavy atom. The number of esters is 1. The maximum absolute atomic E-state index is 10.9. The Kier molecular flexibility index (Phi) is 11.0. The highest BCUT2D eigenvalue weighted by atomic mass is 35.5. The van der Waals surface area contributed by atoms with Gasteiger partial charge >= 0.3 is 5.97 Å². The van der Waals surface area contributed by atoms with Crippen LogP contribution >= 0.6 is 36.4 Å². The topological polar surface area (TPSA) is 56.1 Å². The predicted octanol–water partition coefficient (Wildman–Crippen LogP) is 4.67. The van der Waals surface area contributed by atoms with Gasteiger partial charge in [0.15, 0.2) is 0 Å². The molecule has 0 spiro atoms. The van der Waals surface area contributed by atoms with E-state index in [0.717, 1.165) is 35.9 Å². The fourth-order valence-electron chi connectivity index (χ4n) is 2.64. The van der Waals surface area contributed by atoms with E-state index in [0.29, 0.717) is 0 Å². The summed E-state index contributed by atoms with van der Waals surface area (Å²) in [6.07, 6.45) is 2.78. The summed E-state index contributed by atoms with van der Waals surface area (Å²) in [6.45, 7) is 9.70. The summed E-state index contributed by atoms with van der Waals surface area (Å²) in [5.41, 5.74) is 2.94. The monoisotopic (exact) mass is 435 g/mol. The van der Waals surface area contributed by atoms with Gasteiger partial charge in [-0.05, 0) is 51.4 Å². The maximum atomic E-state index is 10.9. The molecule has 0 radical (unpaired) electrons. The molecule has 1 aromatic heterocycles. The number of aryl methyl sites for hydroxylation is 1. The lowest BCUT2D eigenvalue weighted by atomic mass is 9.94. The Bertz CT molecular complexity index is 715. The molecule has 0 atom stereocenters. The van der Waals surface area contributed by atoms with Gasteiger partial charge in [-0.3, -0.25) is 4.79 Å². The van der Waals surface area contributed by atoms with Gasteiger partial charge in [0.1, 0.15) is 6.61 Å². The summed E-state index contributed by atoms with van der Waals surface area (Å²) in [5.74, 6) is -0.289. The number of rotatable bonds is 8. The van der Waals surface area contributed by atoms with E-state index in [1.54, 1.807) is 6.33 Å². The molecule has 1 heterocycles. The third-order valence-electron chi connectivity index (χ3n) is 4.32. The summed E-state index contributed by atoms with van der Waals surface area (Å²) in [7, 11) is 0. The zero-order valence-electron chi connectivity index (χ0n) is 16.1. The molecule has 0 amide bonds. The molecule has 8 heteroatoms. The van der Waals surface area contributed by atoms with Gasteiger partial charge in [-0.15, -0.1) is 24.8 Å². The minimum absolute atomic E-state index is 0. The summed E-state index contributed by atoms with van der Waals surface area (Å²) in [4.78, 5) is 15.2. The zero-order valence-corrected chi connectivity index (χ0v) is 18.5. The molecule has 0 saturated heterocycles. The van der Waals surface area contributed by atoms with Crippen LogP contribution in [0.3, 0.4) is 0 Å². The van der Waals surface area contributed by atoms with Crippen molar-refractivity contribution >= 4 is 42.4 Å². The molecule has 1 N–H and O–H groups in total. The molecule has 1 aromatic carbocycles. The summed E-state index contributed by atoms with van der Waals surface area (Å²) >= 11 is 5.96. The van der Waals surface area contributed by atoms with E-state index in [-0.39, 0.29) is 42.9 Å². The Morgan fingerprint density at radius 3 is 2.48 bits per heavy atom. The van der Waals surface area contributed by atoms with Gasteiger partial charge in [0.05, 0.1) is 12.0 Å². The quantitative estimate of drug-likeness (QED) is 0.483. The summed E-state index contributed by atoms with van der Waals surface area (Å²) in [5, 5.41) is 4.33. The van der Waals surface area contributed by atoms with Crippen molar-refractivity contribution in [3.8, 4) is 0 Å². The van der Waals surface area contributed by atoms with Crippen molar-refractivity contribution in [3.05, 3.63) is 52.6 Å². The third kappa shape index (κ3) is 7.70. The number of carbonyl (C=O) groups excluding carboxylic acids is 1. The zero-order chi connectivity index (χ0) is 18.4. The second-order valence-electron chi connectivity index (χ2n) is 6.66. The smallest absolute Gasteiger partial charge is 0.303 e. The number of ether oxygens (including phenoxy) is 1. The Hall–Kier alpha value is -1.27. The lowest BCUT2D eigenvalue weighted by molar-refractivity contribution is -0.142. The predicted molar refractivity (Wildman–Crippen MR) is 114 cm³/mol. The van der Waals surface area contributed by atoms with Crippen molar-refractivity contribution < 1.29 is 9.53 Å². The number of hydrogen-bond acceptors (Lipinski definition) is 4. The van der Waals surface area contributed by atoms with E-state index in [4.69, 9.17) is 16.3 Å². The number of nitrogens with one attached hydrogen (secondary N) is 1. The van der Waals surface area contributed by atoms with Gasteiger partial charge in [0.25, 0.3) is 0 Å². The molecule has 5 nitrogen and oxygen atoms in total. The van der Waals surface area contributed by atoms with E-state index in [2.05, 4.69) is 40.8 Å². The lowest BCUT2D eigenvalue weighted by Gasteiger charge is -2.27. The highest BCUT2D eigenvalue weighted by Crippen LogP contribution is 2.21. The molecule has 2 aromatic rings. The van der Waals surface area contributed by atoms with Gasteiger partial charge in [0.2, 0.25) is 0 Å². The Balaban J connectivity index is 0.00000338. The number of benzene rings is 1. The highest BCUT2D eigenvalue weighted by molar-refractivity contribution is 6.30. The van der Waals surface area contributed by atoms with Crippen LogP contribution in [-0.4, -0.2) is 22.1 Å². The second-order valence-corrected chi connectivity index (χ2v) is 7.10. The van der Waals surface area contributed by atoms with Gasteiger partial charge in [-0.1, -0.05) is 23.7 Å². The average molecular weight is 437 g/mol. The van der Waals surface area contributed by atoms with Crippen LogP contribution in [0.1, 0.15) is 44.1 Å². The molecule has 0 aliphatic heterocycles. The van der Waals surface area contributed by atoms with Crippen LogP contribution in [-0.2, 0) is 28.2 Å². The van der Waals surface area contributed by atoms with Gasteiger partial charge < -0.3 is 14.6 Å². The molecule has 0 aliphatic rings.